The molecule has 116 valence electrons. The Morgan fingerprint density at radius 3 is 1.95 bits per heavy atom. The summed E-state index contributed by atoms with van der Waals surface area (Å²) >= 11 is 0. The van der Waals surface area contributed by atoms with Gasteiger partial charge in [-0.05, 0) is 41.5 Å². The Labute approximate surface area is 120 Å². The molecule has 0 radical (unpaired) electrons. The summed E-state index contributed by atoms with van der Waals surface area (Å²) in [5.74, 6) is 0.176. The van der Waals surface area contributed by atoms with Crippen LogP contribution in [-0.2, 0) is 9.47 Å². The second-order valence-electron chi connectivity index (χ2n) is 7.20. The van der Waals surface area contributed by atoms with Gasteiger partial charge in [-0.2, -0.15) is 0 Å². The fraction of sp³-hybridized carbons (Fsp3) is 0.857. The predicted octanol–water partition coefficient (Wildman–Crippen LogP) is 2.72. The Bertz CT molecular complexity index is 382. The molecule has 0 aromatic carbocycles. The van der Waals surface area contributed by atoms with E-state index < -0.39 is 23.4 Å². The molecule has 1 aliphatic heterocycles. The third kappa shape index (κ3) is 4.90. The second-order valence-corrected chi connectivity index (χ2v) is 7.20. The minimum absolute atomic E-state index is 0.176. The van der Waals surface area contributed by atoms with Crippen molar-refractivity contribution in [1.82, 2.24) is 10.2 Å². The van der Waals surface area contributed by atoms with Crippen molar-refractivity contribution in [3.8, 4) is 0 Å². The number of likely N-dealkylation sites (tertiary alicyclic amines) is 1. The lowest BCUT2D eigenvalue weighted by Crippen LogP contribution is -2.66. The van der Waals surface area contributed by atoms with E-state index in [0.29, 0.717) is 6.54 Å². The highest BCUT2D eigenvalue weighted by atomic mass is 16.6. The first-order valence-electron chi connectivity index (χ1n) is 6.88. The number of carbonyl (C=O) groups is 2. The van der Waals surface area contributed by atoms with Crippen molar-refractivity contribution in [2.24, 2.45) is 5.92 Å². The van der Waals surface area contributed by atoms with E-state index in [-0.39, 0.29) is 12.1 Å². The number of hydrogen-bond acceptors (Lipinski definition) is 4. The summed E-state index contributed by atoms with van der Waals surface area (Å²) in [6, 6.07) is 0. The maximum absolute atomic E-state index is 12.0. The summed E-state index contributed by atoms with van der Waals surface area (Å²) in [7, 11) is 0. The summed E-state index contributed by atoms with van der Waals surface area (Å²) < 4.78 is 10.5. The summed E-state index contributed by atoms with van der Waals surface area (Å²) in [4.78, 5) is 25.2. The largest absolute Gasteiger partial charge is 0.444 e. The molecule has 1 rings (SSSR count). The highest BCUT2D eigenvalue weighted by Crippen LogP contribution is 2.25. The smallest absolute Gasteiger partial charge is 0.411 e. The van der Waals surface area contributed by atoms with E-state index in [4.69, 9.17) is 9.47 Å². The van der Waals surface area contributed by atoms with Crippen LogP contribution < -0.4 is 5.32 Å². The molecule has 1 N–H and O–H groups in total. The number of rotatable bonds is 1. The number of nitrogens with zero attached hydrogens (tertiary/aromatic N) is 1. The van der Waals surface area contributed by atoms with Gasteiger partial charge in [0.2, 0.25) is 0 Å². The Balaban J connectivity index is 2.56. The third-order valence-electron chi connectivity index (χ3n) is 2.65. The van der Waals surface area contributed by atoms with Crippen LogP contribution in [0.4, 0.5) is 9.59 Å². The Morgan fingerprint density at radius 1 is 1.05 bits per heavy atom. The lowest BCUT2D eigenvalue weighted by molar-refractivity contribution is -0.0385. The van der Waals surface area contributed by atoms with Crippen LogP contribution in [0.2, 0.25) is 0 Å². The summed E-state index contributed by atoms with van der Waals surface area (Å²) in [6.07, 6.45) is -1.32. The highest BCUT2D eigenvalue weighted by Gasteiger charge is 2.42. The van der Waals surface area contributed by atoms with Gasteiger partial charge in [0.1, 0.15) is 17.4 Å². The predicted molar refractivity (Wildman–Crippen MR) is 75.3 cm³/mol. The summed E-state index contributed by atoms with van der Waals surface area (Å²) in [6.45, 7) is 13.3. The molecule has 6 heteroatoms. The van der Waals surface area contributed by atoms with Crippen LogP contribution in [0.3, 0.4) is 0 Å². The zero-order valence-electron chi connectivity index (χ0n) is 13.4. The minimum Gasteiger partial charge on any atom is -0.444 e. The van der Waals surface area contributed by atoms with E-state index in [9.17, 15) is 9.59 Å². The molecule has 2 amide bonds. The molecule has 1 fully saturated rings. The zero-order valence-corrected chi connectivity index (χ0v) is 13.4. The first-order chi connectivity index (χ1) is 8.89. The van der Waals surface area contributed by atoms with Crippen LogP contribution in [0.5, 0.6) is 0 Å². The van der Waals surface area contributed by atoms with Crippen molar-refractivity contribution < 1.29 is 19.1 Å². The van der Waals surface area contributed by atoms with Gasteiger partial charge >= 0.3 is 12.2 Å². The van der Waals surface area contributed by atoms with Gasteiger partial charge in [-0.15, -0.1) is 0 Å². The highest BCUT2D eigenvalue weighted by molar-refractivity contribution is 5.73. The first-order valence-corrected chi connectivity index (χ1v) is 6.88. The van der Waals surface area contributed by atoms with E-state index in [2.05, 4.69) is 5.32 Å². The number of alkyl carbamates (subject to hydrolysis) is 1. The number of nitrogens with one attached hydrogen (secondary N) is 1. The molecule has 1 saturated heterocycles. The third-order valence-corrected chi connectivity index (χ3v) is 2.65. The molecule has 1 aliphatic rings. The van der Waals surface area contributed by atoms with Crippen LogP contribution >= 0.6 is 0 Å². The molecule has 2 unspecified atom stereocenters. The molecule has 0 aliphatic carbocycles. The molecule has 0 aromatic rings. The van der Waals surface area contributed by atoms with Crippen molar-refractivity contribution in [2.45, 2.75) is 65.8 Å². The van der Waals surface area contributed by atoms with Gasteiger partial charge in [0.15, 0.2) is 0 Å². The molecule has 0 bridgehead atoms. The maximum Gasteiger partial charge on any atom is 0.411 e. The maximum atomic E-state index is 12.0. The molecule has 2 atom stereocenters. The van der Waals surface area contributed by atoms with Gasteiger partial charge in [-0.1, -0.05) is 6.92 Å². The van der Waals surface area contributed by atoms with Crippen molar-refractivity contribution >= 4 is 12.2 Å². The summed E-state index contributed by atoms with van der Waals surface area (Å²) in [5.41, 5.74) is -1.11. The van der Waals surface area contributed by atoms with Crippen molar-refractivity contribution in [2.75, 3.05) is 6.54 Å². The number of carbonyl (C=O) groups excluding carboxylic acids is 2. The topological polar surface area (TPSA) is 67.9 Å². The van der Waals surface area contributed by atoms with E-state index in [1.165, 1.54) is 4.90 Å². The molecule has 0 saturated carbocycles. The Hall–Kier alpha value is -1.46. The number of hydrogen-bond donors (Lipinski definition) is 1. The molecule has 6 nitrogen and oxygen atoms in total. The Kier molecular flexibility index (Phi) is 4.56. The van der Waals surface area contributed by atoms with E-state index in [0.717, 1.165) is 0 Å². The number of amides is 2. The van der Waals surface area contributed by atoms with Crippen LogP contribution in [0.25, 0.3) is 0 Å². The average molecular weight is 286 g/mol. The van der Waals surface area contributed by atoms with Gasteiger partial charge < -0.3 is 14.8 Å². The monoisotopic (exact) mass is 286 g/mol. The van der Waals surface area contributed by atoms with Gasteiger partial charge in [0.05, 0.1) is 0 Å². The van der Waals surface area contributed by atoms with Gasteiger partial charge in [-0.3, -0.25) is 4.90 Å². The van der Waals surface area contributed by atoms with Crippen molar-refractivity contribution in [3.05, 3.63) is 0 Å². The van der Waals surface area contributed by atoms with Gasteiger partial charge in [-0.25, -0.2) is 9.59 Å². The van der Waals surface area contributed by atoms with Crippen LogP contribution in [0.15, 0.2) is 0 Å². The van der Waals surface area contributed by atoms with Crippen molar-refractivity contribution in [3.63, 3.8) is 0 Å². The summed E-state index contributed by atoms with van der Waals surface area (Å²) in [5, 5.41) is 2.70. The molecule has 1 heterocycles. The Morgan fingerprint density at radius 2 is 1.55 bits per heavy atom. The SMILES string of the molecule is CC1CN(C(=O)OC(C)(C)C)C1NC(=O)OC(C)(C)C. The van der Waals surface area contributed by atoms with Crippen molar-refractivity contribution in [1.29, 1.82) is 0 Å². The molecule has 0 spiro atoms. The molecule has 20 heavy (non-hydrogen) atoms. The number of ether oxygens (including phenoxy) is 2. The van der Waals surface area contributed by atoms with E-state index in [1.807, 2.05) is 27.7 Å². The normalized spacial score (nSPS) is 22.9. The van der Waals surface area contributed by atoms with Crippen LogP contribution in [0.1, 0.15) is 48.5 Å². The first kappa shape index (κ1) is 16.6. The lowest BCUT2D eigenvalue weighted by Gasteiger charge is -2.46. The van der Waals surface area contributed by atoms with E-state index in [1.54, 1.807) is 20.8 Å². The average Bonchev–Trinajstić information content (AvgIpc) is 2.17. The van der Waals surface area contributed by atoms with Crippen LogP contribution in [-0.4, -0.2) is 41.0 Å². The van der Waals surface area contributed by atoms with Gasteiger partial charge in [0, 0.05) is 12.5 Å². The molecule has 0 aromatic heterocycles. The van der Waals surface area contributed by atoms with Gasteiger partial charge in [0.25, 0.3) is 0 Å². The fourth-order valence-corrected chi connectivity index (χ4v) is 1.85. The van der Waals surface area contributed by atoms with E-state index >= 15 is 0 Å². The van der Waals surface area contributed by atoms with Crippen LogP contribution in [0, 0.1) is 5.92 Å². The lowest BCUT2D eigenvalue weighted by atomic mass is 9.98. The standard InChI is InChI=1S/C14H26N2O4/c1-9-8-16(12(18)20-14(5,6)7)10(9)15-11(17)19-13(2,3)4/h9-10H,8H2,1-7H3,(H,15,17). The molecular formula is C14H26N2O4. The minimum atomic E-state index is -0.562. The second kappa shape index (κ2) is 5.50. The zero-order chi connectivity index (χ0) is 15.7. The quantitative estimate of drug-likeness (QED) is 0.804. The molecular weight excluding hydrogens is 260 g/mol. The fourth-order valence-electron chi connectivity index (χ4n) is 1.85.